The number of rotatable bonds is 10. The lowest BCUT2D eigenvalue weighted by molar-refractivity contribution is -0.142. The van der Waals surface area contributed by atoms with Crippen LogP contribution in [0.4, 0.5) is 0 Å². The molecule has 0 spiro atoms. The Morgan fingerprint density at radius 3 is 1.96 bits per heavy atom. The van der Waals surface area contributed by atoms with Gasteiger partial charge in [0, 0.05) is 13.3 Å². The number of hydrogen-bond donors (Lipinski definition) is 3. The third-order valence-electron chi connectivity index (χ3n) is 4.39. The maximum atomic E-state index is 12.6. The zero-order valence-electron chi connectivity index (χ0n) is 15.9. The normalized spacial score (nSPS) is 12.6. The van der Waals surface area contributed by atoms with Crippen LogP contribution in [0.3, 0.4) is 0 Å². The summed E-state index contributed by atoms with van der Waals surface area (Å²) in [5, 5.41) is 14.7. The highest BCUT2D eigenvalue weighted by Gasteiger charge is 2.25. The minimum atomic E-state index is -1.08. The van der Waals surface area contributed by atoms with E-state index in [9.17, 15) is 19.5 Å². The Morgan fingerprint density at radius 1 is 0.857 bits per heavy atom. The molecule has 0 bridgehead atoms. The summed E-state index contributed by atoms with van der Waals surface area (Å²) in [6.45, 7) is 1.33. The minimum Gasteiger partial charge on any atom is -0.480 e. The van der Waals surface area contributed by atoms with Crippen molar-refractivity contribution in [3.63, 3.8) is 0 Å². The van der Waals surface area contributed by atoms with E-state index in [1.165, 1.54) is 6.92 Å². The van der Waals surface area contributed by atoms with Crippen LogP contribution in [0.2, 0.25) is 0 Å². The Bertz CT molecular complexity index is 778. The molecule has 3 N–H and O–H groups in total. The smallest absolute Gasteiger partial charge is 0.326 e. The first-order valence-electron chi connectivity index (χ1n) is 9.34. The van der Waals surface area contributed by atoms with E-state index in [-0.39, 0.29) is 5.91 Å². The van der Waals surface area contributed by atoms with Crippen molar-refractivity contribution in [3.8, 4) is 0 Å². The van der Waals surface area contributed by atoms with Crippen molar-refractivity contribution in [3.05, 3.63) is 71.8 Å². The Balaban J connectivity index is 1.96. The first-order chi connectivity index (χ1) is 13.5. The van der Waals surface area contributed by atoms with Crippen molar-refractivity contribution < 1.29 is 19.5 Å². The van der Waals surface area contributed by atoms with Gasteiger partial charge in [0.05, 0.1) is 0 Å². The molecule has 0 unspecified atom stereocenters. The molecule has 28 heavy (non-hydrogen) atoms. The highest BCUT2D eigenvalue weighted by Crippen LogP contribution is 2.08. The van der Waals surface area contributed by atoms with E-state index in [0.717, 1.165) is 17.5 Å². The SMILES string of the molecule is CC(=O)N[C@H](Cc1ccccc1)C(=O)N[C@H](CCCc1ccccc1)C(=O)O. The summed E-state index contributed by atoms with van der Waals surface area (Å²) in [7, 11) is 0. The number of amides is 2. The van der Waals surface area contributed by atoms with Crippen LogP contribution in [-0.2, 0) is 27.2 Å². The Morgan fingerprint density at radius 2 is 1.43 bits per heavy atom. The maximum Gasteiger partial charge on any atom is 0.326 e. The van der Waals surface area contributed by atoms with Crippen LogP contribution < -0.4 is 10.6 Å². The molecule has 0 aromatic heterocycles. The molecule has 148 valence electrons. The average molecular weight is 382 g/mol. The van der Waals surface area contributed by atoms with E-state index < -0.39 is 24.0 Å². The number of nitrogens with one attached hydrogen (secondary N) is 2. The minimum absolute atomic E-state index is 0.294. The van der Waals surface area contributed by atoms with Crippen molar-refractivity contribution in [2.75, 3.05) is 0 Å². The van der Waals surface area contributed by atoms with Gasteiger partial charge >= 0.3 is 5.97 Å². The van der Waals surface area contributed by atoms with Crippen molar-refractivity contribution in [2.24, 2.45) is 0 Å². The van der Waals surface area contributed by atoms with Gasteiger partial charge in [-0.25, -0.2) is 4.79 Å². The van der Waals surface area contributed by atoms with Crippen LogP contribution in [0.15, 0.2) is 60.7 Å². The topological polar surface area (TPSA) is 95.5 Å². The maximum absolute atomic E-state index is 12.6. The lowest BCUT2D eigenvalue weighted by Gasteiger charge is -2.21. The quantitative estimate of drug-likeness (QED) is 0.588. The molecule has 0 radical (unpaired) electrons. The van der Waals surface area contributed by atoms with Crippen molar-refractivity contribution >= 4 is 17.8 Å². The van der Waals surface area contributed by atoms with Gasteiger partial charge in [0.1, 0.15) is 12.1 Å². The molecular formula is C22H26N2O4. The number of carbonyl (C=O) groups is 3. The lowest BCUT2D eigenvalue weighted by atomic mass is 10.0. The second-order valence-corrected chi connectivity index (χ2v) is 6.72. The fraction of sp³-hybridized carbons (Fsp3) is 0.318. The predicted octanol–water partition coefficient (Wildman–Crippen LogP) is 2.33. The van der Waals surface area contributed by atoms with Gasteiger partial charge in [-0.2, -0.15) is 0 Å². The van der Waals surface area contributed by atoms with Crippen molar-refractivity contribution in [1.29, 1.82) is 0 Å². The van der Waals surface area contributed by atoms with E-state index in [2.05, 4.69) is 10.6 Å². The molecule has 0 aliphatic heterocycles. The molecule has 2 amide bonds. The summed E-state index contributed by atoms with van der Waals surface area (Å²) in [6, 6.07) is 17.2. The molecule has 0 saturated carbocycles. The van der Waals surface area contributed by atoms with Crippen LogP contribution in [0.25, 0.3) is 0 Å². The molecule has 0 saturated heterocycles. The molecular weight excluding hydrogens is 356 g/mol. The van der Waals surface area contributed by atoms with Gasteiger partial charge < -0.3 is 15.7 Å². The van der Waals surface area contributed by atoms with Crippen LogP contribution in [0.1, 0.15) is 30.9 Å². The number of carbonyl (C=O) groups excluding carboxylic acids is 2. The van der Waals surface area contributed by atoms with Crippen LogP contribution in [0.5, 0.6) is 0 Å². The molecule has 2 rings (SSSR count). The van der Waals surface area contributed by atoms with Gasteiger partial charge in [0.15, 0.2) is 0 Å². The second-order valence-electron chi connectivity index (χ2n) is 6.72. The summed E-state index contributed by atoms with van der Waals surface area (Å²) in [6.07, 6.45) is 1.97. The number of carboxylic acid groups (broad SMARTS) is 1. The molecule has 2 aromatic carbocycles. The van der Waals surface area contributed by atoms with Gasteiger partial charge in [0.2, 0.25) is 11.8 Å². The summed E-state index contributed by atoms with van der Waals surface area (Å²) >= 11 is 0. The molecule has 0 heterocycles. The van der Waals surface area contributed by atoms with E-state index in [0.29, 0.717) is 19.3 Å². The van der Waals surface area contributed by atoms with Crippen molar-refractivity contribution in [1.82, 2.24) is 10.6 Å². The molecule has 0 aliphatic rings. The van der Waals surface area contributed by atoms with Crippen LogP contribution in [0, 0.1) is 0 Å². The highest BCUT2D eigenvalue weighted by molar-refractivity contribution is 5.90. The van der Waals surface area contributed by atoms with Crippen molar-refractivity contribution in [2.45, 2.75) is 44.7 Å². The first kappa shape index (κ1) is 21.2. The standard InChI is InChI=1S/C22H26N2O4/c1-16(25)23-20(15-18-11-6-3-7-12-18)21(26)24-19(22(27)28)14-8-13-17-9-4-2-5-10-17/h2-7,9-12,19-20H,8,13-15H2,1H3,(H,23,25)(H,24,26)(H,27,28)/t19-,20-/m1/s1. The van der Waals surface area contributed by atoms with E-state index in [1.807, 2.05) is 60.7 Å². The van der Waals surface area contributed by atoms with Gasteiger partial charge in [-0.3, -0.25) is 9.59 Å². The van der Waals surface area contributed by atoms with E-state index in [4.69, 9.17) is 0 Å². The summed E-state index contributed by atoms with van der Waals surface area (Å²) in [5.74, 6) is -1.92. The third kappa shape index (κ3) is 7.23. The predicted molar refractivity (Wildman–Crippen MR) is 107 cm³/mol. The second kappa shape index (κ2) is 10.9. The monoisotopic (exact) mass is 382 g/mol. The average Bonchev–Trinajstić information content (AvgIpc) is 2.67. The summed E-state index contributed by atoms with van der Waals surface area (Å²) in [5.41, 5.74) is 2.01. The molecule has 0 aliphatic carbocycles. The number of hydrogen-bond acceptors (Lipinski definition) is 3. The number of aliphatic carboxylic acids is 1. The number of carboxylic acids is 1. The number of benzene rings is 2. The molecule has 2 atom stereocenters. The fourth-order valence-corrected chi connectivity index (χ4v) is 2.99. The molecule has 6 nitrogen and oxygen atoms in total. The zero-order chi connectivity index (χ0) is 20.4. The summed E-state index contributed by atoms with van der Waals surface area (Å²) in [4.78, 5) is 35.7. The van der Waals surface area contributed by atoms with Gasteiger partial charge in [-0.1, -0.05) is 60.7 Å². The first-order valence-corrected chi connectivity index (χ1v) is 9.34. The van der Waals surface area contributed by atoms with Gasteiger partial charge in [-0.05, 0) is 30.4 Å². The van der Waals surface area contributed by atoms with Gasteiger partial charge in [-0.15, -0.1) is 0 Å². The van der Waals surface area contributed by atoms with Crippen LogP contribution in [-0.4, -0.2) is 35.0 Å². The lowest BCUT2D eigenvalue weighted by Crippen LogP contribution is -2.52. The third-order valence-corrected chi connectivity index (χ3v) is 4.39. The largest absolute Gasteiger partial charge is 0.480 e. The highest BCUT2D eigenvalue weighted by atomic mass is 16.4. The van der Waals surface area contributed by atoms with Crippen LogP contribution >= 0.6 is 0 Å². The molecule has 6 heteroatoms. The van der Waals surface area contributed by atoms with E-state index in [1.54, 1.807) is 0 Å². The fourth-order valence-electron chi connectivity index (χ4n) is 2.99. The molecule has 0 fully saturated rings. The Hall–Kier alpha value is -3.15. The summed E-state index contributed by atoms with van der Waals surface area (Å²) < 4.78 is 0. The van der Waals surface area contributed by atoms with Gasteiger partial charge in [0.25, 0.3) is 0 Å². The Labute approximate surface area is 165 Å². The van der Waals surface area contributed by atoms with E-state index >= 15 is 0 Å². The Kier molecular flexibility index (Phi) is 8.21. The zero-order valence-corrected chi connectivity index (χ0v) is 15.9. The molecule has 2 aromatic rings. The number of aryl methyl sites for hydroxylation is 1.